The lowest BCUT2D eigenvalue weighted by atomic mass is 10.3. The van der Waals surface area contributed by atoms with Gasteiger partial charge in [0.05, 0.1) is 5.69 Å². The Hall–Kier alpha value is -1.31. The third-order valence-electron chi connectivity index (χ3n) is 1.32. The smallest absolute Gasteiger partial charge is 0.0627 e. The molecule has 0 saturated heterocycles. The molecule has 0 saturated carbocycles. The maximum atomic E-state index is 5.50. The molecule has 1 aromatic carbocycles. The van der Waals surface area contributed by atoms with Crippen LogP contribution in [0.2, 0.25) is 0 Å². The number of benzene rings is 1. The van der Waals surface area contributed by atoms with Crippen LogP contribution in [0.3, 0.4) is 0 Å². The predicted molar refractivity (Wildman–Crippen MR) is 49.3 cm³/mol. The van der Waals surface area contributed by atoms with Crippen LogP contribution in [0.15, 0.2) is 29.3 Å². The summed E-state index contributed by atoms with van der Waals surface area (Å²) in [5.74, 6) is 0. The molecule has 11 heavy (non-hydrogen) atoms. The van der Waals surface area contributed by atoms with Crippen LogP contribution in [0, 0.1) is 0 Å². The second-order valence-electron chi connectivity index (χ2n) is 2.31. The number of hydrogen-bond donors (Lipinski definition) is 1. The molecule has 0 aliphatic heterocycles. The van der Waals surface area contributed by atoms with Gasteiger partial charge in [0.25, 0.3) is 0 Å². The predicted octanol–water partition coefficient (Wildman–Crippen LogP) is 2.38. The van der Waals surface area contributed by atoms with Crippen LogP contribution in [-0.4, -0.2) is 6.21 Å². The van der Waals surface area contributed by atoms with Gasteiger partial charge in [0.15, 0.2) is 0 Å². The minimum Gasteiger partial charge on any atom is -0.399 e. The third-order valence-corrected chi connectivity index (χ3v) is 1.32. The molecule has 0 aliphatic carbocycles. The van der Waals surface area contributed by atoms with Gasteiger partial charge in [-0.15, -0.1) is 0 Å². The van der Waals surface area contributed by atoms with Crippen molar-refractivity contribution in [3.05, 3.63) is 24.3 Å². The van der Waals surface area contributed by atoms with Crippen molar-refractivity contribution in [1.82, 2.24) is 0 Å². The minimum atomic E-state index is 0.778. The van der Waals surface area contributed by atoms with Crippen LogP contribution in [0.1, 0.15) is 13.3 Å². The first-order valence-corrected chi connectivity index (χ1v) is 3.71. The Morgan fingerprint density at radius 1 is 1.36 bits per heavy atom. The van der Waals surface area contributed by atoms with E-state index in [4.69, 9.17) is 5.73 Å². The zero-order chi connectivity index (χ0) is 8.10. The van der Waals surface area contributed by atoms with Gasteiger partial charge in [-0.1, -0.05) is 6.92 Å². The fraction of sp³-hybridized carbons (Fsp3) is 0.222. The standard InChI is InChI=1S/C9H12N2/c1-2-7-11-9-5-3-8(10)4-6-9/h3-7H,2,10H2,1H3. The molecule has 0 fully saturated rings. The van der Waals surface area contributed by atoms with E-state index in [2.05, 4.69) is 11.9 Å². The van der Waals surface area contributed by atoms with E-state index in [1.54, 1.807) is 0 Å². The van der Waals surface area contributed by atoms with Crippen molar-refractivity contribution in [2.75, 3.05) is 5.73 Å². The van der Waals surface area contributed by atoms with E-state index in [0.717, 1.165) is 17.8 Å². The second kappa shape index (κ2) is 3.76. The molecule has 0 amide bonds. The lowest BCUT2D eigenvalue weighted by Crippen LogP contribution is -1.80. The van der Waals surface area contributed by atoms with Crippen LogP contribution < -0.4 is 5.73 Å². The SMILES string of the molecule is CCC=Nc1ccc(N)cc1. The normalized spacial score (nSPS) is 10.6. The molecular weight excluding hydrogens is 136 g/mol. The highest BCUT2D eigenvalue weighted by atomic mass is 14.7. The molecule has 0 aliphatic rings. The lowest BCUT2D eigenvalue weighted by molar-refractivity contribution is 1.31. The van der Waals surface area contributed by atoms with Crippen LogP contribution in [-0.2, 0) is 0 Å². The summed E-state index contributed by atoms with van der Waals surface area (Å²) in [5.41, 5.74) is 7.24. The van der Waals surface area contributed by atoms with Crippen LogP contribution in [0.5, 0.6) is 0 Å². The number of nitrogens with zero attached hydrogens (tertiary/aromatic N) is 1. The van der Waals surface area contributed by atoms with Crippen LogP contribution in [0.25, 0.3) is 0 Å². The number of rotatable bonds is 2. The molecule has 0 atom stereocenters. The molecule has 0 unspecified atom stereocenters. The van der Waals surface area contributed by atoms with Gasteiger partial charge in [0, 0.05) is 11.9 Å². The van der Waals surface area contributed by atoms with E-state index >= 15 is 0 Å². The topological polar surface area (TPSA) is 38.4 Å². The zero-order valence-electron chi connectivity index (χ0n) is 6.62. The molecule has 2 N–H and O–H groups in total. The molecule has 0 spiro atoms. The molecule has 0 bridgehead atoms. The summed E-state index contributed by atoms with van der Waals surface area (Å²) in [4.78, 5) is 4.19. The fourth-order valence-electron chi connectivity index (χ4n) is 0.757. The van der Waals surface area contributed by atoms with Gasteiger partial charge in [-0.2, -0.15) is 0 Å². The molecule has 1 aromatic rings. The summed E-state index contributed by atoms with van der Waals surface area (Å²) in [7, 11) is 0. The van der Waals surface area contributed by atoms with Crippen LogP contribution >= 0.6 is 0 Å². The Morgan fingerprint density at radius 3 is 2.55 bits per heavy atom. The second-order valence-corrected chi connectivity index (χ2v) is 2.31. The summed E-state index contributed by atoms with van der Waals surface area (Å²) >= 11 is 0. The Bertz CT molecular complexity index is 236. The van der Waals surface area contributed by atoms with Crippen LogP contribution in [0.4, 0.5) is 11.4 Å². The van der Waals surface area contributed by atoms with E-state index in [1.807, 2.05) is 30.5 Å². The van der Waals surface area contributed by atoms with Crippen molar-refractivity contribution in [3.63, 3.8) is 0 Å². The molecular formula is C9H12N2. The maximum absolute atomic E-state index is 5.50. The van der Waals surface area contributed by atoms with E-state index in [9.17, 15) is 0 Å². The highest BCUT2D eigenvalue weighted by Crippen LogP contribution is 2.12. The average Bonchev–Trinajstić information content (AvgIpc) is 2.04. The molecule has 0 heterocycles. The molecule has 2 heteroatoms. The largest absolute Gasteiger partial charge is 0.399 e. The lowest BCUT2D eigenvalue weighted by Gasteiger charge is -1.93. The Morgan fingerprint density at radius 2 is 2.00 bits per heavy atom. The highest BCUT2D eigenvalue weighted by molar-refractivity contribution is 5.63. The maximum Gasteiger partial charge on any atom is 0.0627 e. The minimum absolute atomic E-state index is 0.778. The first-order valence-electron chi connectivity index (χ1n) is 3.71. The first kappa shape index (κ1) is 7.79. The number of hydrogen-bond acceptors (Lipinski definition) is 2. The summed E-state index contributed by atoms with van der Waals surface area (Å²) < 4.78 is 0. The molecule has 0 aromatic heterocycles. The number of nitrogen functional groups attached to an aromatic ring is 1. The molecule has 1 rings (SSSR count). The average molecular weight is 148 g/mol. The molecule has 58 valence electrons. The quantitative estimate of drug-likeness (QED) is 0.507. The van der Waals surface area contributed by atoms with Crippen molar-refractivity contribution in [2.45, 2.75) is 13.3 Å². The Kier molecular flexibility index (Phi) is 2.66. The highest BCUT2D eigenvalue weighted by Gasteiger charge is 1.85. The first-order chi connectivity index (χ1) is 5.33. The van der Waals surface area contributed by atoms with Crippen molar-refractivity contribution >= 4 is 17.6 Å². The van der Waals surface area contributed by atoms with Crippen molar-refractivity contribution in [1.29, 1.82) is 0 Å². The van der Waals surface area contributed by atoms with E-state index < -0.39 is 0 Å². The molecule has 2 nitrogen and oxygen atoms in total. The summed E-state index contributed by atoms with van der Waals surface area (Å²) in [6.45, 7) is 2.06. The van der Waals surface area contributed by atoms with E-state index in [1.165, 1.54) is 0 Å². The number of aliphatic imine (C=N–C) groups is 1. The van der Waals surface area contributed by atoms with Gasteiger partial charge in [0.2, 0.25) is 0 Å². The van der Waals surface area contributed by atoms with Gasteiger partial charge in [-0.3, -0.25) is 4.99 Å². The van der Waals surface area contributed by atoms with Gasteiger partial charge in [-0.25, -0.2) is 0 Å². The van der Waals surface area contributed by atoms with Crippen molar-refractivity contribution < 1.29 is 0 Å². The Labute approximate surface area is 66.8 Å². The van der Waals surface area contributed by atoms with E-state index in [-0.39, 0.29) is 0 Å². The summed E-state index contributed by atoms with van der Waals surface area (Å²) in [6, 6.07) is 7.51. The third kappa shape index (κ3) is 2.42. The van der Waals surface area contributed by atoms with Gasteiger partial charge in [0.1, 0.15) is 0 Å². The van der Waals surface area contributed by atoms with Gasteiger partial charge < -0.3 is 5.73 Å². The van der Waals surface area contributed by atoms with E-state index in [0.29, 0.717) is 0 Å². The Balaban J connectivity index is 2.73. The summed E-state index contributed by atoms with van der Waals surface area (Å²) in [5, 5.41) is 0. The fourth-order valence-corrected chi connectivity index (χ4v) is 0.757. The molecule has 0 radical (unpaired) electrons. The monoisotopic (exact) mass is 148 g/mol. The summed E-state index contributed by atoms with van der Waals surface area (Å²) in [6.07, 6.45) is 2.84. The number of nitrogens with two attached hydrogens (primary N) is 1. The van der Waals surface area contributed by atoms with Crippen molar-refractivity contribution in [2.24, 2.45) is 4.99 Å². The van der Waals surface area contributed by atoms with Gasteiger partial charge in [-0.05, 0) is 30.7 Å². The number of anilines is 1. The van der Waals surface area contributed by atoms with Gasteiger partial charge >= 0.3 is 0 Å². The zero-order valence-corrected chi connectivity index (χ0v) is 6.62. The van der Waals surface area contributed by atoms with Crippen molar-refractivity contribution in [3.8, 4) is 0 Å².